The van der Waals surface area contributed by atoms with E-state index in [1.54, 1.807) is 0 Å². The van der Waals surface area contributed by atoms with Crippen molar-refractivity contribution in [2.45, 2.75) is 52.5 Å². The van der Waals surface area contributed by atoms with Gasteiger partial charge in [0.15, 0.2) is 6.61 Å². The molecule has 8 nitrogen and oxygen atoms in total. The molecule has 0 saturated carbocycles. The van der Waals surface area contributed by atoms with Crippen LogP contribution in [0, 0.1) is 5.92 Å². The quantitative estimate of drug-likeness (QED) is 0.435. The lowest BCUT2D eigenvalue weighted by molar-refractivity contribution is -0.119. The molecule has 2 aliphatic rings. The number of pyridine rings is 1. The van der Waals surface area contributed by atoms with Gasteiger partial charge in [-0.15, -0.1) is 11.3 Å². The van der Waals surface area contributed by atoms with Crippen molar-refractivity contribution in [3.63, 3.8) is 0 Å². The number of anilines is 1. The Morgan fingerprint density at radius 3 is 2.74 bits per heavy atom. The first-order valence-electron chi connectivity index (χ1n) is 13.2. The maximum Gasteiger partial charge on any atom is 0.341 e. The summed E-state index contributed by atoms with van der Waals surface area (Å²) in [5, 5.41) is 3.99. The molecule has 3 heterocycles. The van der Waals surface area contributed by atoms with Crippen LogP contribution in [0.5, 0.6) is 0 Å². The third-order valence-electron chi connectivity index (χ3n) is 7.36. The largest absolute Gasteiger partial charge is 0.465 e. The average molecular weight is 536 g/mol. The molecule has 1 N–H and O–H groups in total. The van der Waals surface area contributed by atoms with Crippen LogP contribution in [0.4, 0.5) is 5.00 Å². The van der Waals surface area contributed by atoms with Crippen LogP contribution in [0.15, 0.2) is 24.3 Å². The molecular weight excluding hydrogens is 502 g/mol. The number of benzene rings is 1. The fourth-order valence-corrected chi connectivity index (χ4v) is 6.92. The fraction of sp³-hybridized carbons (Fsp3) is 0.448. The van der Waals surface area contributed by atoms with E-state index in [1.807, 2.05) is 24.3 Å². The molecule has 38 heavy (non-hydrogen) atoms. The second-order valence-electron chi connectivity index (χ2n) is 10.1. The van der Waals surface area contributed by atoms with Gasteiger partial charge in [-0.2, -0.15) is 0 Å². The van der Waals surface area contributed by atoms with E-state index in [0.29, 0.717) is 28.6 Å². The molecule has 1 unspecified atom stereocenters. The molecule has 0 bridgehead atoms. The monoisotopic (exact) mass is 535 g/mol. The van der Waals surface area contributed by atoms with Gasteiger partial charge in [-0.05, 0) is 49.8 Å². The predicted molar refractivity (Wildman–Crippen MR) is 147 cm³/mol. The van der Waals surface area contributed by atoms with Crippen molar-refractivity contribution in [1.29, 1.82) is 0 Å². The molecule has 1 aliphatic carbocycles. The molecule has 200 valence electrons. The van der Waals surface area contributed by atoms with Gasteiger partial charge in [-0.1, -0.05) is 32.0 Å². The van der Waals surface area contributed by atoms with Crippen molar-refractivity contribution >= 4 is 45.1 Å². The topological polar surface area (TPSA) is 97.8 Å². The fourth-order valence-electron chi connectivity index (χ4n) is 5.51. The van der Waals surface area contributed by atoms with Crippen molar-refractivity contribution in [2.75, 3.05) is 32.1 Å². The van der Waals surface area contributed by atoms with Crippen molar-refractivity contribution in [2.24, 2.45) is 5.92 Å². The minimum Gasteiger partial charge on any atom is -0.465 e. The maximum atomic E-state index is 13.4. The third kappa shape index (κ3) is 5.17. The number of nitrogens with one attached hydrogen (secondary N) is 1. The van der Waals surface area contributed by atoms with Gasteiger partial charge in [0.25, 0.3) is 5.91 Å². The molecule has 3 aromatic rings. The first kappa shape index (κ1) is 26.3. The Morgan fingerprint density at radius 1 is 1.13 bits per heavy atom. The van der Waals surface area contributed by atoms with Crippen LogP contribution in [0.3, 0.4) is 0 Å². The first-order valence-corrected chi connectivity index (χ1v) is 14.0. The van der Waals surface area contributed by atoms with E-state index in [1.165, 1.54) is 18.4 Å². The second-order valence-corrected chi connectivity index (χ2v) is 11.2. The number of hydrogen-bond donors (Lipinski definition) is 1. The number of esters is 2. The van der Waals surface area contributed by atoms with E-state index in [2.05, 4.69) is 24.1 Å². The van der Waals surface area contributed by atoms with Gasteiger partial charge < -0.3 is 14.8 Å². The van der Waals surface area contributed by atoms with Gasteiger partial charge in [-0.3, -0.25) is 14.7 Å². The van der Waals surface area contributed by atoms with Crippen LogP contribution in [0.1, 0.15) is 69.1 Å². The smallest absolute Gasteiger partial charge is 0.341 e. The lowest BCUT2D eigenvalue weighted by atomic mass is 9.88. The number of amides is 1. The van der Waals surface area contributed by atoms with E-state index in [0.717, 1.165) is 77.8 Å². The highest BCUT2D eigenvalue weighted by atomic mass is 32.1. The summed E-state index contributed by atoms with van der Waals surface area (Å²) in [5.74, 6) is -0.975. The molecule has 1 aromatic carbocycles. The Bertz CT molecular complexity index is 1400. The van der Waals surface area contributed by atoms with Crippen molar-refractivity contribution in [3.8, 4) is 0 Å². The van der Waals surface area contributed by atoms with Gasteiger partial charge in [0.2, 0.25) is 0 Å². The molecular formula is C29H33N3O5S. The molecule has 1 atom stereocenters. The van der Waals surface area contributed by atoms with Crippen molar-refractivity contribution in [1.82, 2.24) is 9.88 Å². The van der Waals surface area contributed by atoms with Gasteiger partial charge in [0.05, 0.1) is 23.8 Å². The summed E-state index contributed by atoms with van der Waals surface area (Å²) < 4.78 is 10.6. The van der Waals surface area contributed by atoms with Crippen LogP contribution >= 0.6 is 11.3 Å². The highest BCUT2D eigenvalue weighted by molar-refractivity contribution is 7.17. The van der Waals surface area contributed by atoms with Crippen LogP contribution in [-0.4, -0.2) is 54.5 Å². The number of carbonyl (C=O) groups excluding carboxylic acids is 3. The molecule has 1 amide bonds. The normalized spacial score (nSPS) is 17.0. The minimum absolute atomic E-state index is 0.421. The third-order valence-corrected chi connectivity index (χ3v) is 8.53. The van der Waals surface area contributed by atoms with Crippen LogP contribution < -0.4 is 5.32 Å². The number of methoxy groups -OCH3 is 1. The number of fused-ring (bicyclic) bond motifs is 3. The Hall–Kier alpha value is -3.30. The molecule has 0 spiro atoms. The summed E-state index contributed by atoms with van der Waals surface area (Å²) in [6.07, 6.45) is 4.41. The Kier molecular flexibility index (Phi) is 7.76. The van der Waals surface area contributed by atoms with Crippen molar-refractivity contribution < 1.29 is 23.9 Å². The first-order chi connectivity index (χ1) is 18.4. The number of thiophene rings is 1. The van der Waals surface area contributed by atoms with E-state index < -0.39 is 24.5 Å². The molecule has 0 fully saturated rings. The number of hydrogen-bond acceptors (Lipinski definition) is 8. The minimum atomic E-state index is -0.541. The number of rotatable bonds is 7. The highest BCUT2D eigenvalue weighted by Crippen LogP contribution is 2.40. The van der Waals surface area contributed by atoms with E-state index in [9.17, 15) is 14.4 Å². The van der Waals surface area contributed by atoms with Crippen LogP contribution in [0.25, 0.3) is 10.9 Å². The van der Waals surface area contributed by atoms with Crippen molar-refractivity contribution in [3.05, 3.63) is 57.1 Å². The molecule has 0 saturated heterocycles. The predicted octanol–water partition coefficient (Wildman–Crippen LogP) is 4.77. The summed E-state index contributed by atoms with van der Waals surface area (Å²) >= 11 is 1.41. The standard InChI is InChI=1S/C29H33N3O5S/c1-4-12-32-13-11-22-20(15-32)25(18-7-5-6-8-21(18)30-22)29(35)37-16-24(33)31-27-26(28(34)36-3)19-10-9-17(2)14-23(19)38-27/h5-8,17H,4,9-16H2,1-3H3,(H,31,33). The van der Waals surface area contributed by atoms with Crippen LogP contribution in [-0.2, 0) is 40.1 Å². The Morgan fingerprint density at radius 2 is 1.95 bits per heavy atom. The van der Waals surface area contributed by atoms with E-state index in [4.69, 9.17) is 14.5 Å². The summed E-state index contributed by atoms with van der Waals surface area (Å²) in [6.45, 7) is 6.32. The average Bonchev–Trinajstić information content (AvgIpc) is 3.26. The Labute approximate surface area is 226 Å². The lowest BCUT2D eigenvalue weighted by Crippen LogP contribution is -2.33. The summed E-state index contributed by atoms with van der Waals surface area (Å²) in [4.78, 5) is 47.2. The SMILES string of the molecule is CCCN1CCc2nc3ccccc3c(C(=O)OCC(=O)Nc3sc4c(c3C(=O)OC)CCC(C)C4)c2C1. The summed E-state index contributed by atoms with van der Waals surface area (Å²) in [7, 11) is 1.34. The van der Waals surface area contributed by atoms with Crippen LogP contribution in [0.2, 0.25) is 0 Å². The number of para-hydroxylation sites is 1. The summed E-state index contributed by atoms with van der Waals surface area (Å²) in [6, 6.07) is 7.54. The zero-order valence-electron chi connectivity index (χ0n) is 22.1. The lowest BCUT2D eigenvalue weighted by Gasteiger charge is -2.29. The molecule has 1 aliphatic heterocycles. The molecule has 2 aromatic heterocycles. The Balaban J connectivity index is 1.36. The van der Waals surface area contributed by atoms with Gasteiger partial charge >= 0.3 is 11.9 Å². The maximum absolute atomic E-state index is 13.4. The highest BCUT2D eigenvalue weighted by Gasteiger charge is 2.30. The molecule has 5 rings (SSSR count). The number of carbonyl (C=O) groups is 3. The zero-order valence-corrected chi connectivity index (χ0v) is 22.9. The van der Waals surface area contributed by atoms with E-state index >= 15 is 0 Å². The molecule has 9 heteroatoms. The second kappa shape index (κ2) is 11.2. The van der Waals surface area contributed by atoms with Gasteiger partial charge in [0.1, 0.15) is 5.00 Å². The van der Waals surface area contributed by atoms with Gasteiger partial charge in [-0.25, -0.2) is 9.59 Å². The number of aromatic nitrogens is 1. The van der Waals surface area contributed by atoms with Gasteiger partial charge in [0, 0.05) is 41.0 Å². The number of nitrogens with zero attached hydrogens (tertiary/aromatic N) is 2. The zero-order chi connectivity index (χ0) is 26.8. The number of ether oxygens (including phenoxy) is 2. The summed E-state index contributed by atoms with van der Waals surface area (Å²) in [5.41, 5.74) is 4.39. The molecule has 0 radical (unpaired) electrons. The van der Waals surface area contributed by atoms with E-state index in [-0.39, 0.29) is 0 Å².